The molecule has 0 spiro atoms. The molecule has 14 heavy (non-hydrogen) atoms. The first-order chi connectivity index (χ1) is 6.43. The van der Waals surface area contributed by atoms with Crippen LogP contribution in [0.5, 0.6) is 0 Å². The highest BCUT2D eigenvalue weighted by molar-refractivity contribution is 6.68. The number of nitrogens with two attached hydrogens (primary N) is 1. The van der Waals surface area contributed by atoms with Crippen molar-refractivity contribution in [2.24, 2.45) is 0 Å². The summed E-state index contributed by atoms with van der Waals surface area (Å²) in [4.78, 5) is 20.7. The van der Waals surface area contributed by atoms with Crippen LogP contribution in [0.2, 0.25) is 0 Å². The third-order valence-corrected chi connectivity index (χ3v) is 1.99. The van der Waals surface area contributed by atoms with Gasteiger partial charge in [-0.25, -0.2) is 0 Å². The number of hydrogen-bond acceptors (Lipinski definition) is 4. The Balaban J connectivity index is 3.42. The first kappa shape index (κ1) is 10.5. The van der Waals surface area contributed by atoms with E-state index >= 15 is 0 Å². The first-order valence-electron chi connectivity index (χ1n) is 3.68. The number of aryl methyl sites for hydroxylation is 1. The Morgan fingerprint density at radius 2 is 2.14 bits per heavy atom. The van der Waals surface area contributed by atoms with Crippen LogP contribution in [0.1, 0.15) is 15.9 Å². The molecule has 1 rings (SSSR count). The molecular weight excluding hydrogens is 208 g/mol. The van der Waals surface area contributed by atoms with Gasteiger partial charge in [-0.15, -0.1) is 0 Å². The molecule has 5 nitrogen and oxygen atoms in total. The number of halogens is 1. The number of anilines is 1. The number of nitro groups is 1. The molecule has 0 fully saturated rings. The van der Waals surface area contributed by atoms with Crippen molar-refractivity contribution in [3.05, 3.63) is 33.4 Å². The molecule has 0 heterocycles. The molecule has 2 N–H and O–H groups in total. The molecule has 1 aromatic carbocycles. The largest absolute Gasteiger partial charge is 0.393 e. The number of nitrogen functional groups attached to an aromatic ring is 1. The van der Waals surface area contributed by atoms with E-state index in [0.717, 1.165) is 6.07 Å². The summed E-state index contributed by atoms with van der Waals surface area (Å²) in [6.07, 6.45) is 0. The zero-order valence-corrected chi connectivity index (χ0v) is 8.04. The van der Waals surface area contributed by atoms with E-state index < -0.39 is 10.2 Å². The van der Waals surface area contributed by atoms with Crippen LogP contribution in [-0.2, 0) is 0 Å². The van der Waals surface area contributed by atoms with Crippen molar-refractivity contribution >= 4 is 28.2 Å². The third kappa shape index (κ3) is 1.82. The Morgan fingerprint density at radius 3 is 2.57 bits per heavy atom. The van der Waals surface area contributed by atoms with Gasteiger partial charge in [-0.1, -0.05) is 0 Å². The van der Waals surface area contributed by atoms with Crippen LogP contribution in [0.15, 0.2) is 12.1 Å². The Labute approximate surface area is 84.6 Å². The van der Waals surface area contributed by atoms with Gasteiger partial charge >= 0.3 is 0 Å². The molecule has 0 amide bonds. The van der Waals surface area contributed by atoms with Crippen LogP contribution < -0.4 is 5.73 Å². The van der Waals surface area contributed by atoms with Crippen LogP contribution in [0.4, 0.5) is 11.4 Å². The summed E-state index contributed by atoms with van der Waals surface area (Å²) in [5.74, 6) is 0. The fourth-order valence-electron chi connectivity index (χ4n) is 1.09. The number of carbonyl (C=O) groups excluding carboxylic acids is 1. The second-order valence-corrected chi connectivity index (χ2v) is 3.10. The second-order valence-electron chi connectivity index (χ2n) is 2.76. The lowest BCUT2D eigenvalue weighted by atomic mass is 10.1. The smallest absolute Gasteiger partial charge is 0.292 e. The van der Waals surface area contributed by atoms with Crippen molar-refractivity contribution in [1.29, 1.82) is 0 Å². The highest BCUT2D eigenvalue weighted by atomic mass is 35.5. The lowest BCUT2D eigenvalue weighted by Crippen LogP contribution is -2.01. The van der Waals surface area contributed by atoms with E-state index in [-0.39, 0.29) is 16.9 Å². The van der Waals surface area contributed by atoms with Crippen molar-refractivity contribution in [3.63, 3.8) is 0 Å². The minimum absolute atomic E-state index is 0.0224. The lowest BCUT2D eigenvalue weighted by Gasteiger charge is -2.02. The first-order valence-corrected chi connectivity index (χ1v) is 4.05. The van der Waals surface area contributed by atoms with Crippen LogP contribution in [-0.4, -0.2) is 10.2 Å². The van der Waals surface area contributed by atoms with Crippen LogP contribution in [0.3, 0.4) is 0 Å². The summed E-state index contributed by atoms with van der Waals surface area (Å²) in [5, 5.41) is 9.75. The third-order valence-electron chi connectivity index (χ3n) is 1.78. The number of rotatable bonds is 2. The molecule has 1 aromatic rings. The Morgan fingerprint density at radius 1 is 1.57 bits per heavy atom. The highest BCUT2D eigenvalue weighted by Crippen LogP contribution is 2.26. The summed E-state index contributed by atoms with van der Waals surface area (Å²) in [7, 11) is 0. The lowest BCUT2D eigenvalue weighted by molar-refractivity contribution is -0.383. The van der Waals surface area contributed by atoms with Gasteiger partial charge in [-0.3, -0.25) is 14.9 Å². The molecular formula is C8H7ClN2O3. The number of nitro benzene ring substituents is 1. The van der Waals surface area contributed by atoms with Gasteiger partial charge in [0.15, 0.2) is 0 Å². The van der Waals surface area contributed by atoms with E-state index in [4.69, 9.17) is 17.3 Å². The highest BCUT2D eigenvalue weighted by Gasteiger charge is 2.17. The van der Waals surface area contributed by atoms with E-state index in [9.17, 15) is 14.9 Å². The summed E-state index contributed by atoms with van der Waals surface area (Å²) < 4.78 is 0. The molecule has 0 bridgehead atoms. The van der Waals surface area contributed by atoms with Crippen LogP contribution in [0.25, 0.3) is 0 Å². The molecule has 0 atom stereocenters. The van der Waals surface area contributed by atoms with Gasteiger partial charge in [-0.05, 0) is 30.2 Å². The van der Waals surface area contributed by atoms with Crippen molar-refractivity contribution in [3.8, 4) is 0 Å². The average Bonchev–Trinajstić information content (AvgIpc) is 2.02. The minimum Gasteiger partial charge on any atom is -0.393 e. The molecule has 0 aliphatic heterocycles. The summed E-state index contributed by atoms with van der Waals surface area (Å²) in [5.41, 5.74) is 5.74. The zero-order chi connectivity index (χ0) is 10.9. The van der Waals surface area contributed by atoms with Gasteiger partial charge in [0.05, 0.1) is 4.92 Å². The summed E-state index contributed by atoms with van der Waals surface area (Å²) in [6.45, 7) is 1.61. The standard InChI is InChI=1S/C8H7ClN2O3/c1-4-2-6(10)7(11(13)14)3-5(4)8(9)12/h2-3H,10H2,1H3. The van der Waals surface area contributed by atoms with E-state index in [0.29, 0.717) is 5.56 Å². The monoisotopic (exact) mass is 214 g/mol. The average molecular weight is 215 g/mol. The van der Waals surface area contributed by atoms with Crippen molar-refractivity contribution in [2.75, 3.05) is 5.73 Å². The zero-order valence-electron chi connectivity index (χ0n) is 7.28. The van der Waals surface area contributed by atoms with E-state index in [1.54, 1.807) is 6.92 Å². The number of carbonyl (C=O) groups is 1. The maximum absolute atomic E-state index is 10.9. The predicted molar refractivity (Wildman–Crippen MR) is 52.4 cm³/mol. The maximum atomic E-state index is 10.9. The fourth-order valence-corrected chi connectivity index (χ4v) is 1.29. The van der Waals surface area contributed by atoms with Crippen LogP contribution >= 0.6 is 11.6 Å². The van der Waals surface area contributed by atoms with Crippen LogP contribution in [0, 0.1) is 17.0 Å². The molecule has 0 saturated heterocycles. The number of benzene rings is 1. The predicted octanol–water partition coefficient (Wildman–Crippen LogP) is 1.86. The van der Waals surface area contributed by atoms with E-state index in [1.165, 1.54) is 6.07 Å². The van der Waals surface area contributed by atoms with E-state index in [2.05, 4.69) is 0 Å². The topological polar surface area (TPSA) is 86.2 Å². The molecule has 74 valence electrons. The molecule has 0 unspecified atom stereocenters. The van der Waals surface area contributed by atoms with Gasteiger partial charge < -0.3 is 5.73 Å². The van der Waals surface area contributed by atoms with Gasteiger partial charge in [0.2, 0.25) is 0 Å². The SMILES string of the molecule is Cc1cc(N)c([N+](=O)[O-])cc1C(=O)Cl. The maximum Gasteiger partial charge on any atom is 0.292 e. The van der Waals surface area contributed by atoms with E-state index in [1.807, 2.05) is 0 Å². The Kier molecular flexibility index (Phi) is 2.71. The summed E-state index contributed by atoms with van der Waals surface area (Å²) in [6, 6.07) is 2.44. The Bertz CT molecular complexity index is 382. The van der Waals surface area contributed by atoms with Gasteiger partial charge in [0.25, 0.3) is 10.9 Å². The second kappa shape index (κ2) is 3.63. The van der Waals surface area contributed by atoms with Gasteiger partial charge in [-0.2, -0.15) is 0 Å². The molecule has 0 saturated carbocycles. The molecule has 6 heteroatoms. The van der Waals surface area contributed by atoms with Gasteiger partial charge in [0.1, 0.15) is 5.69 Å². The van der Waals surface area contributed by atoms with Crippen molar-refractivity contribution in [2.45, 2.75) is 6.92 Å². The summed E-state index contributed by atoms with van der Waals surface area (Å²) >= 11 is 5.24. The number of nitrogens with zero attached hydrogens (tertiary/aromatic N) is 1. The fraction of sp³-hybridized carbons (Fsp3) is 0.125. The van der Waals surface area contributed by atoms with Gasteiger partial charge in [0, 0.05) is 11.6 Å². The quantitative estimate of drug-likeness (QED) is 0.352. The molecule has 0 aliphatic carbocycles. The molecule has 0 radical (unpaired) electrons. The Hall–Kier alpha value is -1.62. The van der Waals surface area contributed by atoms with Crippen molar-refractivity contribution in [1.82, 2.24) is 0 Å². The molecule has 0 aliphatic rings. The minimum atomic E-state index is -0.731. The number of hydrogen-bond donors (Lipinski definition) is 1. The molecule has 0 aromatic heterocycles. The normalized spacial score (nSPS) is 9.86. The van der Waals surface area contributed by atoms with Crippen molar-refractivity contribution < 1.29 is 9.72 Å².